The number of rotatable bonds is 5. The predicted molar refractivity (Wildman–Crippen MR) is 124 cm³/mol. The zero-order valence-electron chi connectivity index (χ0n) is 17.1. The fraction of sp³-hybridized carbons (Fsp3) is 0.240. The molecule has 3 heterocycles. The van der Waals surface area contributed by atoms with Crippen molar-refractivity contribution < 1.29 is 4.74 Å². The summed E-state index contributed by atoms with van der Waals surface area (Å²) in [5.74, 6) is 0.744. The highest BCUT2D eigenvalue weighted by atomic mass is 32.2. The zero-order chi connectivity index (χ0) is 21.0. The van der Waals surface area contributed by atoms with Crippen LogP contribution in [0.25, 0.3) is 16.6 Å². The van der Waals surface area contributed by atoms with Gasteiger partial charge >= 0.3 is 0 Å². The quantitative estimate of drug-likeness (QED) is 0.323. The van der Waals surface area contributed by atoms with Crippen LogP contribution in [0.15, 0.2) is 89.1 Å². The van der Waals surface area contributed by atoms with Gasteiger partial charge in [-0.3, -0.25) is 14.3 Å². The molecule has 0 aliphatic carbocycles. The van der Waals surface area contributed by atoms with Crippen molar-refractivity contribution in [1.82, 2.24) is 14.5 Å². The minimum atomic E-state index is -0.0761. The van der Waals surface area contributed by atoms with Crippen molar-refractivity contribution in [1.29, 1.82) is 0 Å². The van der Waals surface area contributed by atoms with E-state index in [1.165, 1.54) is 5.56 Å². The summed E-state index contributed by atoms with van der Waals surface area (Å²) in [5.41, 5.74) is 2.59. The lowest BCUT2D eigenvalue weighted by Gasteiger charge is -2.30. The van der Waals surface area contributed by atoms with E-state index < -0.39 is 0 Å². The van der Waals surface area contributed by atoms with Crippen LogP contribution < -0.4 is 5.56 Å². The summed E-state index contributed by atoms with van der Waals surface area (Å²) in [6.45, 7) is 0. The molecule has 0 spiro atoms. The number of hydrogen-bond acceptors (Lipinski definition) is 5. The van der Waals surface area contributed by atoms with E-state index in [9.17, 15) is 4.79 Å². The molecule has 31 heavy (non-hydrogen) atoms. The number of pyridine rings is 1. The largest absolute Gasteiger partial charge is 0.369 e. The predicted octanol–water partition coefficient (Wildman–Crippen LogP) is 5.18. The molecule has 1 aliphatic heterocycles. The van der Waals surface area contributed by atoms with Gasteiger partial charge in [-0.25, -0.2) is 4.98 Å². The molecule has 0 bridgehead atoms. The van der Waals surface area contributed by atoms with Crippen molar-refractivity contribution in [2.45, 2.75) is 36.6 Å². The fourth-order valence-electron chi connectivity index (χ4n) is 4.03. The molecule has 4 aromatic rings. The number of aromatic nitrogens is 3. The van der Waals surface area contributed by atoms with Gasteiger partial charge in [0.25, 0.3) is 5.56 Å². The normalized spacial score (nSPS) is 18.8. The third-order valence-electron chi connectivity index (χ3n) is 5.57. The summed E-state index contributed by atoms with van der Waals surface area (Å²) in [6.07, 6.45) is 6.84. The van der Waals surface area contributed by atoms with Crippen molar-refractivity contribution >= 4 is 22.7 Å². The SMILES string of the molecule is O=c1c2ccccc2nc(SCC2CCCC(c3ccccc3)O2)n1-c1cccnc1. The molecule has 5 rings (SSSR count). The Morgan fingerprint density at radius 2 is 1.84 bits per heavy atom. The molecule has 1 saturated heterocycles. The Balaban J connectivity index is 1.43. The Morgan fingerprint density at radius 1 is 1.00 bits per heavy atom. The highest BCUT2D eigenvalue weighted by Crippen LogP contribution is 2.33. The summed E-state index contributed by atoms with van der Waals surface area (Å²) in [5, 5.41) is 1.27. The number of ether oxygens (including phenoxy) is 1. The van der Waals surface area contributed by atoms with Gasteiger partial charge < -0.3 is 4.74 Å². The Bertz CT molecular complexity index is 1230. The van der Waals surface area contributed by atoms with Crippen molar-refractivity contribution in [3.05, 3.63) is 95.0 Å². The molecule has 0 saturated carbocycles. The summed E-state index contributed by atoms with van der Waals surface area (Å²) in [4.78, 5) is 22.3. The number of para-hydroxylation sites is 1. The van der Waals surface area contributed by atoms with Crippen LogP contribution in [-0.4, -0.2) is 26.4 Å². The average Bonchev–Trinajstić information content (AvgIpc) is 2.84. The van der Waals surface area contributed by atoms with E-state index in [0.717, 1.165) is 30.7 Å². The van der Waals surface area contributed by atoms with Gasteiger partial charge in [-0.15, -0.1) is 0 Å². The number of thioether (sulfide) groups is 1. The monoisotopic (exact) mass is 429 g/mol. The fourth-order valence-corrected chi connectivity index (χ4v) is 5.09. The summed E-state index contributed by atoms with van der Waals surface area (Å²) in [6, 6.07) is 21.6. The van der Waals surface area contributed by atoms with Gasteiger partial charge in [0.05, 0.1) is 35.0 Å². The number of fused-ring (bicyclic) bond motifs is 1. The first-order valence-electron chi connectivity index (χ1n) is 10.5. The van der Waals surface area contributed by atoms with Crippen LogP contribution in [0.5, 0.6) is 0 Å². The van der Waals surface area contributed by atoms with Crippen LogP contribution in [0, 0.1) is 0 Å². The smallest absolute Gasteiger partial charge is 0.266 e. The molecule has 2 aromatic heterocycles. The maximum Gasteiger partial charge on any atom is 0.266 e. The minimum absolute atomic E-state index is 0.0761. The topological polar surface area (TPSA) is 57.0 Å². The van der Waals surface area contributed by atoms with Gasteiger partial charge in [0.15, 0.2) is 5.16 Å². The van der Waals surface area contributed by atoms with E-state index in [0.29, 0.717) is 16.1 Å². The molecular formula is C25H23N3O2S. The molecule has 156 valence electrons. The van der Waals surface area contributed by atoms with Crippen LogP contribution in [0.1, 0.15) is 30.9 Å². The Labute approximate surface area is 185 Å². The number of hydrogen-bond donors (Lipinski definition) is 0. The highest BCUT2D eigenvalue weighted by molar-refractivity contribution is 7.99. The average molecular weight is 430 g/mol. The van der Waals surface area contributed by atoms with Gasteiger partial charge in [-0.1, -0.05) is 54.2 Å². The first-order valence-corrected chi connectivity index (χ1v) is 11.5. The summed E-state index contributed by atoms with van der Waals surface area (Å²) in [7, 11) is 0. The summed E-state index contributed by atoms with van der Waals surface area (Å²) >= 11 is 1.57. The number of nitrogens with zero attached hydrogens (tertiary/aromatic N) is 3. The van der Waals surface area contributed by atoms with E-state index in [1.807, 2.05) is 42.5 Å². The van der Waals surface area contributed by atoms with E-state index >= 15 is 0 Å². The van der Waals surface area contributed by atoms with Crippen molar-refractivity contribution in [2.24, 2.45) is 0 Å². The van der Waals surface area contributed by atoms with Crippen LogP contribution >= 0.6 is 11.8 Å². The molecule has 6 heteroatoms. The molecular weight excluding hydrogens is 406 g/mol. The first kappa shape index (κ1) is 20.0. The van der Waals surface area contributed by atoms with Gasteiger partial charge in [-0.2, -0.15) is 0 Å². The maximum atomic E-state index is 13.3. The molecule has 2 atom stereocenters. The van der Waals surface area contributed by atoms with E-state index in [4.69, 9.17) is 9.72 Å². The zero-order valence-corrected chi connectivity index (χ0v) is 17.9. The van der Waals surface area contributed by atoms with Crippen LogP contribution in [0.2, 0.25) is 0 Å². The Hall–Kier alpha value is -2.96. The third kappa shape index (κ3) is 4.27. The van der Waals surface area contributed by atoms with Gasteiger partial charge in [-0.05, 0) is 49.1 Å². The maximum absolute atomic E-state index is 13.3. The van der Waals surface area contributed by atoms with Crippen LogP contribution in [0.3, 0.4) is 0 Å². The molecule has 0 N–H and O–H groups in total. The van der Waals surface area contributed by atoms with E-state index in [2.05, 4.69) is 29.2 Å². The van der Waals surface area contributed by atoms with Crippen molar-refractivity contribution in [3.8, 4) is 5.69 Å². The van der Waals surface area contributed by atoms with Crippen LogP contribution in [0.4, 0.5) is 0 Å². The van der Waals surface area contributed by atoms with E-state index in [-0.39, 0.29) is 17.8 Å². The molecule has 2 aromatic carbocycles. The first-order chi connectivity index (χ1) is 15.3. The van der Waals surface area contributed by atoms with E-state index in [1.54, 1.807) is 28.7 Å². The van der Waals surface area contributed by atoms with Gasteiger partial charge in [0.2, 0.25) is 0 Å². The van der Waals surface area contributed by atoms with Crippen molar-refractivity contribution in [3.63, 3.8) is 0 Å². The molecule has 2 unspecified atom stereocenters. The lowest BCUT2D eigenvalue weighted by molar-refractivity contribution is -0.0389. The third-order valence-corrected chi connectivity index (χ3v) is 6.64. The Morgan fingerprint density at radius 3 is 2.68 bits per heavy atom. The standard InChI is InChI=1S/C25H23N3O2S/c29-24-21-12-4-5-13-22(21)27-25(28(24)19-10-7-15-26-16-19)31-17-20-11-6-14-23(30-20)18-8-2-1-3-9-18/h1-5,7-10,12-13,15-16,20,23H,6,11,14,17H2. The second kappa shape index (κ2) is 9.04. The van der Waals surface area contributed by atoms with Gasteiger partial charge in [0, 0.05) is 11.9 Å². The summed E-state index contributed by atoms with van der Waals surface area (Å²) < 4.78 is 8.07. The molecule has 0 amide bonds. The minimum Gasteiger partial charge on any atom is -0.369 e. The van der Waals surface area contributed by atoms with Crippen LogP contribution in [-0.2, 0) is 4.74 Å². The highest BCUT2D eigenvalue weighted by Gasteiger charge is 2.24. The van der Waals surface area contributed by atoms with Crippen molar-refractivity contribution in [2.75, 3.05) is 5.75 Å². The molecule has 0 radical (unpaired) electrons. The lowest BCUT2D eigenvalue weighted by Crippen LogP contribution is -2.26. The second-order valence-corrected chi connectivity index (χ2v) is 8.65. The Kier molecular flexibility index (Phi) is 5.82. The molecule has 1 aliphatic rings. The second-order valence-electron chi connectivity index (χ2n) is 7.66. The van der Waals surface area contributed by atoms with Gasteiger partial charge in [0.1, 0.15) is 0 Å². The molecule has 1 fully saturated rings. The lowest BCUT2D eigenvalue weighted by atomic mass is 9.99. The molecule has 5 nitrogen and oxygen atoms in total. The number of benzene rings is 2.